The number of nitrogens with zero attached hydrogens (tertiary/aromatic N) is 1. The molecule has 0 fully saturated rings. The van der Waals surface area contributed by atoms with Gasteiger partial charge in [0.25, 0.3) is 0 Å². The maximum atomic E-state index is 5.32. The first-order valence-electron chi connectivity index (χ1n) is 3.88. The molecule has 0 amide bonds. The third-order valence-electron chi connectivity index (χ3n) is 1.07. The molecule has 0 aromatic rings. The summed E-state index contributed by atoms with van der Waals surface area (Å²) in [5, 5.41) is 2.32. The number of isothiocyanates is 1. The Morgan fingerprint density at radius 1 is 1.55 bits per heavy atom. The van der Waals surface area contributed by atoms with Crippen molar-refractivity contribution in [2.45, 2.75) is 20.3 Å². The lowest BCUT2D eigenvalue weighted by atomic mass is 10.2. The van der Waals surface area contributed by atoms with Gasteiger partial charge in [-0.25, -0.2) is 4.99 Å². The molecular weight excluding hydrogens is 158 g/mol. The number of ether oxygens (including phenoxy) is 1. The summed E-state index contributed by atoms with van der Waals surface area (Å²) in [7, 11) is 0. The predicted molar refractivity (Wildman–Crippen MR) is 50.2 cm³/mol. The average molecular weight is 173 g/mol. The summed E-state index contributed by atoms with van der Waals surface area (Å²) in [6, 6.07) is 0. The fourth-order valence-electron chi connectivity index (χ4n) is 0.610. The van der Waals surface area contributed by atoms with E-state index >= 15 is 0 Å². The van der Waals surface area contributed by atoms with Gasteiger partial charge in [0.2, 0.25) is 0 Å². The molecule has 0 unspecified atom stereocenters. The largest absolute Gasteiger partial charge is 0.381 e. The summed E-state index contributed by atoms with van der Waals surface area (Å²) in [6.45, 7) is 6.62. The van der Waals surface area contributed by atoms with E-state index in [9.17, 15) is 0 Å². The molecule has 64 valence electrons. The summed E-state index contributed by atoms with van der Waals surface area (Å²) in [5.74, 6) is 0.615. The third kappa shape index (κ3) is 9.76. The van der Waals surface area contributed by atoms with Crippen molar-refractivity contribution >= 4 is 17.4 Å². The molecule has 0 rings (SSSR count). The second kappa shape index (κ2) is 7.86. The molecule has 11 heavy (non-hydrogen) atoms. The van der Waals surface area contributed by atoms with Crippen LogP contribution in [0.1, 0.15) is 20.3 Å². The summed E-state index contributed by atoms with van der Waals surface area (Å²) in [5.41, 5.74) is 0. The zero-order valence-corrected chi connectivity index (χ0v) is 7.99. The lowest BCUT2D eigenvalue weighted by Crippen LogP contribution is -2.03. The highest BCUT2D eigenvalue weighted by molar-refractivity contribution is 7.78. The maximum Gasteiger partial charge on any atom is 0.0584 e. The van der Waals surface area contributed by atoms with Gasteiger partial charge in [0.05, 0.1) is 11.7 Å². The number of rotatable bonds is 6. The molecule has 0 N–H and O–H groups in total. The van der Waals surface area contributed by atoms with Crippen LogP contribution in [0.2, 0.25) is 0 Å². The van der Waals surface area contributed by atoms with Gasteiger partial charge in [0.1, 0.15) is 0 Å². The molecule has 0 aliphatic carbocycles. The molecule has 3 heteroatoms. The Morgan fingerprint density at radius 3 is 2.82 bits per heavy atom. The quantitative estimate of drug-likeness (QED) is 0.349. The minimum Gasteiger partial charge on any atom is -0.381 e. The molecule has 0 aromatic carbocycles. The summed E-state index contributed by atoms with van der Waals surface area (Å²) in [4.78, 5) is 3.77. The summed E-state index contributed by atoms with van der Waals surface area (Å²) in [6.07, 6.45) is 0.941. The Hall–Kier alpha value is -0.240. The van der Waals surface area contributed by atoms with E-state index in [0.29, 0.717) is 5.92 Å². The highest BCUT2D eigenvalue weighted by atomic mass is 32.1. The van der Waals surface area contributed by atoms with Gasteiger partial charge < -0.3 is 4.74 Å². The SMILES string of the molecule is CC(C)COCCCN=C=S. The second-order valence-electron chi connectivity index (χ2n) is 2.80. The molecule has 0 radical (unpaired) electrons. The highest BCUT2D eigenvalue weighted by Crippen LogP contribution is 1.93. The maximum absolute atomic E-state index is 5.32. The van der Waals surface area contributed by atoms with E-state index in [1.165, 1.54) is 0 Å². The molecule has 0 saturated carbocycles. The fourth-order valence-corrected chi connectivity index (χ4v) is 0.702. The van der Waals surface area contributed by atoms with E-state index in [-0.39, 0.29) is 0 Å². The molecule has 0 atom stereocenters. The second-order valence-corrected chi connectivity index (χ2v) is 2.98. The summed E-state index contributed by atoms with van der Waals surface area (Å²) >= 11 is 4.41. The minimum absolute atomic E-state index is 0.615. The van der Waals surface area contributed by atoms with Crippen molar-refractivity contribution in [3.05, 3.63) is 0 Å². The number of hydrogen-bond donors (Lipinski definition) is 0. The molecule has 0 aliphatic rings. The Bertz CT molecular complexity index is 130. The molecule has 0 spiro atoms. The Labute approximate surface area is 73.7 Å². The zero-order chi connectivity index (χ0) is 8.53. The molecule has 0 heterocycles. The van der Waals surface area contributed by atoms with Crippen LogP contribution in [-0.2, 0) is 4.74 Å². The molecule has 2 nitrogen and oxygen atoms in total. The lowest BCUT2D eigenvalue weighted by molar-refractivity contribution is 0.109. The Kier molecular flexibility index (Phi) is 7.69. The fraction of sp³-hybridized carbons (Fsp3) is 0.875. The van der Waals surface area contributed by atoms with Crippen LogP contribution < -0.4 is 0 Å². The Balaban J connectivity index is 2.96. The molecular formula is C8H15NOS. The molecule has 0 bridgehead atoms. The van der Waals surface area contributed by atoms with Crippen molar-refractivity contribution in [3.8, 4) is 0 Å². The monoisotopic (exact) mass is 173 g/mol. The van der Waals surface area contributed by atoms with E-state index in [1.54, 1.807) is 0 Å². The number of aliphatic imine (C=N–C) groups is 1. The van der Waals surface area contributed by atoms with Crippen LogP contribution in [0.25, 0.3) is 0 Å². The van der Waals surface area contributed by atoms with Crippen molar-refractivity contribution in [3.63, 3.8) is 0 Å². The van der Waals surface area contributed by atoms with Gasteiger partial charge in [-0.1, -0.05) is 13.8 Å². The van der Waals surface area contributed by atoms with Crippen molar-refractivity contribution in [1.29, 1.82) is 0 Å². The van der Waals surface area contributed by atoms with Gasteiger partial charge in [-0.2, -0.15) is 0 Å². The van der Waals surface area contributed by atoms with Crippen LogP contribution in [0.4, 0.5) is 0 Å². The normalized spacial score (nSPS) is 9.73. The third-order valence-corrected chi connectivity index (χ3v) is 1.20. The number of thiocarbonyl (C=S) groups is 1. The van der Waals surface area contributed by atoms with E-state index in [4.69, 9.17) is 4.74 Å². The van der Waals surface area contributed by atoms with Crippen molar-refractivity contribution in [1.82, 2.24) is 0 Å². The first-order valence-corrected chi connectivity index (χ1v) is 4.29. The van der Waals surface area contributed by atoms with Crippen LogP contribution in [0.15, 0.2) is 4.99 Å². The predicted octanol–water partition coefficient (Wildman–Crippen LogP) is 2.15. The van der Waals surface area contributed by atoms with Gasteiger partial charge >= 0.3 is 0 Å². The van der Waals surface area contributed by atoms with Gasteiger partial charge in [-0.05, 0) is 24.6 Å². The zero-order valence-electron chi connectivity index (χ0n) is 7.17. The first-order chi connectivity index (χ1) is 5.27. The van der Waals surface area contributed by atoms with Crippen LogP contribution >= 0.6 is 12.2 Å². The highest BCUT2D eigenvalue weighted by Gasteiger charge is 1.92. The summed E-state index contributed by atoms with van der Waals surface area (Å²) < 4.78 is 5.32. The van der Waals surface area contributed by atoms with E-state index in [2.05, 4.69) is 36.2 Å². The molecule has 0 aromatic heterocycles. The van der Waals surface area contributed by atoms with Gasteiger partial charge in [-0.3, -0.25) is 0 Å². The molecule has 0 saturated heterocycles. The Morgan fingerprint density at radius 2 is 2.27 bits per heavy atom. The lowest BCUT2D eigenvalue weighted by Gasteiger charge is -2.04. The first kappa shape index (κ1) is 10.8. The smallest absolute Gasteiger partial charge is 0.0584 e. The van der Waals surface area contributed by atoms with Crippen LogP contribution in [0, 0.1) is 5.92 Å². The van der Waals surface area contributed by atoms with E-state index in [1.807, 2.05) is 0 Å². The number of hydrogen-bond acceptors (Lipinski definition) is 3. The van der Waals surface area contributed by atoms with Crippen LogP contribution in [0.5, 0.6) is 0 Å². The van der Waals surface area contributed by atoms with Gasteiger partial charge in [-0.15, -0.1) is 0 Å². The van der Waals surface area contributed by atoms with E-state index in [0.717, 1.165) is 26.2 Å². The van der Waals surface area contributed by atoms with Gasteiger partial charge in [0.15, 0.2) is 0 Å². The minimum atomic E-state index is 0.615. The van der Waals surface area contributed by atoms with Crippen molar-refractivity contribution in [2.24, 2.45) is 10.9 Å². The molecule has 0 aliphatic heterocycles. The van der Waals surface area contributed by atoms with Gasteiger partial charge in [0, 0.05) is 13.2 Å². The average Bonchev–Trinajstić information content (AvgIpc) is 1.96. The van der Waals surface area contributed by atoms with E-state index < -0.39 is 0 Å². The van der Waals surface area contributed by atoms with Crippen molar-refractivity contribution < 1.29 is 4.74 Å². The topological polar surface area (TPSA) is 21.6 Å². The standard InChI is InChI=1S/C8H15NOS/c1-8(2)6-10-5-3-4-9-7-11/h8H,3-6H2,1-2H3. The van der Waals surface area contributed by atoms with Crippen LogP contribution in [0.3, 0.4) is 0 Å². The van der Waals surface area contributed by atoms with Crippen LogP contribution in [-0.4, -0.2) is 24.9 Å². The van der Waals surface area contributed by atoms with Crippen molar-refractivity contribution in [2.75, 3.05) is 19.8 Å².